The second-order valence-corrected chi connectivity index (χ2v) is 4.92. The number of benzene rings is 1. The summed E-state index contributed by atoms with van der Waals surface area (Å²) in [5, 5.41) is 0.660. The first-order chi connectivity index (χ1) is 8.25. The molecule has 0 saturated heterocycles. The van der Waals surface area contributed by atoms with Gasteiger partial charge in [-0.15, -0.1) is 0 Å². The summed E-state index contributed by atoms with van der Waals surface area (Å²) >= 11 is 5.96. The Morgan fingerprint density at radius 3 is 2.71 bits per heavy atom. The third-order valence-electron chi connectivity index (χ3n) is 3.33. The summed E-state index contributed by atoms with van der Waals surface area (Å²) in [7, 11) is 0. The molecule has 0 aliphatic heterocycles. The van der Waals surface area contributed by atoms with Crippen molar-refractivity contribution in [3.05, 3.63) is 58.7 Å². The minimum Gasteiger partial charge on any atom is -0.383 e. The molecule has 0 radical (unpaired) electrons. The molecule has 3 rings (SSSR count). The molecule has 1 fully saturated rings. The summed E-state index contributed by atoms with van der Waals surface area (Å²) in [6, 6.07) is 12.5. The van der Waals surface area contributed by atoms with E-state index in [0.717, 1.165) is 12.0 Å². The Morgan fingerprint density at radius 2 is 1.94 bits per heavy atom. The molecule has 0 bridgehead atoms. The Hall–Kier alpha value is -1.54. The van der Waals surface area contributed by atoms with E-state index in [0.29, 0.717) is 22.7 Å². The van der Waals surface area contributed by atoms with Crippen molar-refractivity contribution in [2.45, 2.75) is 18.3 Å². The zero-order valence-electron chi connectivity index (χ0n) is 9.31. The van der Waals surface area contributed by atoms with Gasteiger partial charge in [-0.3, -0.25) is 0 Å². The van der Waals surface area contributed by atoms with Gasteiger partial charge < -0.3 is 5.73 Å². The average Bonchev–Trinajstić information content (AvgIpc) is 3.13. The SMILES string of the molecule is Nc1ncc(Cl)cc1C1CC1c1ccccc1. The summed E-state index contributed by atoms with van der Waals surface area (Å²) in [5.41, 5.74) is 8.36. The highest BCUT2D eigenvalue weighted by Crippen LogP contribution is 2.55. The number of hydrogen-bond acceptors (Lipinski definition) is 2. The second kappa shape index (κ2) is 4.04. The smallest absolute Gasteiger partial charge is 0.126 e. The fourth-order valence-corrected chi connectivity index (χ4v) is 2.54. The maximum Gasteiger partial charge on any atom is 0.126 e. The molecule has 0 spiro atoms. The van der Waals surface area contributed by atoms with Gasteiger partial charge >= 0.3 is 0 Å². The number of rotatable bonds is 2. The highest BCUT2D eigenvalue weighted by atomic mass is 35.5. The highest BCUT2D eigenvalue weighted by molar-refractivity contribution is 6.30. The predicted molar refractivity (Wildman–Crippen MR) is 70.2 cm³/mol. The van der Waals surface area contributed by atoms with E-state index in [-0.39, 0.29) is 0 Å². The average molecular weight is 245 g/mol. The van der Waals surface area contributed by atoms with Gasteiger partial charge in [0, 0.05) is 6.20 Å². The van der Waals surface area contributed by atoms with Gasteiger partial charge in [0.1, 0.15) is 5.82 Å². The summed E-state index contributed by atoms with van der Waals surface area (Å²) in [6.07, 6.45) is 2.73. The first-order valence-electron chi connectivity index (χ1n) is 5.71. The molecule has 2 aromatic rings. The van der Waals surface area contributed by atoms with E-state index in [2.05, 4.69) is 29.2 Å². The van der Waals surface area contributed by atoms with Crippen molar-refractivity contribution in [2.75, 3.05) is 5.73 Å². The number of pyridine rings is 1. The van der Waals surface area contributed by atoms with Crippen LogP contribution in [0.3, 0.4) is 0 Å². The van der Waals surface area contributed by atoms with E-state index in [4.69, 9.17) is 17.3 Å². The lowest BCUT2D eigenvalue weighted by Gasteiger charge is -2.04. The minimum absolute atomic E-state index is 0.476. The van der Waals surface area contributed by atoms with Gasteiger partial charge in [-0.1, -0.05) is 41.9 Å². The topological polar surface area (TPSA) is 38.9 Å². The fourth-order valence-electron chi connectivity index (χ4n) is 2.37. The Labute approximate surface area is 105 Å². The molecule has 2 unspecified atom stereocenters. The molecular weight excluding hydrogens is 232 g/mol. The molecule has 1 aromatic carbocycles. The largest absolute Gasteiger partial charge is 0.383 e. The van der Waals surface area contributed by atoms with Gasteiger partial charge in [-0.25, -0.2) is 4.98 Å². The number of anilines is 1. The number of nitrogen functional groups attached to an aromatic ring is 1. The summed E-state index contributed by atoms with van der Waals surface area (Å²) in [4.78, 5) is 4.11. The monoisotopic (exact) mass is 244 g/mol. The zero-order valence-corrected chi connectivity index (χ0v) is 10.1. The van der Waals surface area contributed by atoms with Gasteiger partial charge in [-0.05, 0) is 35.4 Å². The van der Waals surface area contributed by atoms with Gasteiger partial charge in [0.25, 0.3) is 0 Å². The van der Waals surface area contributed by atoms with Gasteiger partial charge in [0.05, 0.1) is 5.02 Å². The van der Waals surface area contributed by atoms with Crippen molar-refractivity contribution < 1.29 is 0 Å². The molecule has 2 atom stereocenters. The summed E-state index contributed by atoms with van der Waals surface area (Å²) in [5.74, 6) is 1.65. The Balaban J connectivity index is 1.87. The number of nitrogens with two attached hydrogens (primary N) is 1. The molecular formula is C14H13ClN2. The predicted octanol–water partition coefficient (Wildman–Crippen LogP) is 3.59. The third kappa shape index (κ3) is 2.01. The van der Waals surface area contributed by atoms with Crippen molar-refractivity contribution in [2.24, 2.45) is 0 Å². The van der Waals surface area contributed by atoms with E-state index < -0.39 is 0 Å². The standard InChI is InChI=1S/C14H13ClN2/c15-10-6-13(14(16)17-8-10)12-7-11(12)9-4-2-1-3-5-9/h1-6,8,11-12H,7H2,(H2,16,17). The van der Waals surface area contributed by atoms with Crippen LogP contribution in [0.4, 0.5) is 5.82 Å². The Morgan fingerprint density at radius 1 is 1.18 bits per heavy atom. The van der Waals surface area contributed by atoms with Crippen LogP contribution in [0, 0.1) is 0 Å². The van der Waals surface area contributed by atoms with Crippen LogP contribution in [0.5, 0.6) is 0 Å². The molecule has 2 nitrogen and oxygen atoms in total. The van der Waals surface area contributed by atoms with Crippen LogP contribution in [0.2, 0.25) is 5.02 Å². The molecule has 86 valence electrons. The molecule has 1 heterocycles. The molecule has 1 aliphatic carbocycles. The van der Waals surface area contributed by atoms with E-state index >= 15 is 0 Å². The van der Waals surface area contributed by atoms with Crippen LogP contribution in [-0.4, -0.2) is 4.98 Å². The van der Waals surface area contributed by atoms with Crippen LogP contribution in [-0.2, 0) is 0 Å². The normalized spacial score (nSPS) is 22.4. The van der Waals surface area contributed by atoms with E-state index in [1.165, 1.54) is 5.56 Å². The lowest BCUT2D eigenvalue weighted by Crippen LogP contribution is -1.96. The second-order valence-electron chi connectivity index (χ2n) is 4.49. The number of halogens is 1. The van der Waals surface area contributed by atoms with Gasteiger partial charge in [0.2, 0.25) is 0 Å². The van der Waals surface area contributed by atoms with Crippen molar-refractivity contribution in [3.8, 4) is 0 Å². The first kappa shape index (κ1) is 10.6. The number of hydrogen-bond donors (Lipinski definition) is 1. The van der Waals surface area contributed by atoms with Gasteiger partial charge in [-0.2, -0.15) is 0 Å². The van der Waals surface area contributed by atoms with Crippen molar-refractivity contribution >= 4 is 17.4 Å². The summed E-state index contributed by atoms with van der Waals surface area (Å²) < 4.78 is 0. The minimum atomic E-state index is 0.476. The van der Waals surface area contributed by atoms with Crippen LogP contribution in [0.15, 0.2) is 42.6 Å². The lowest BCUT2D eigenvalue weighted by molar-refractivity contribution is 1.02. The Bertz CT molecular complexity index is 539. The highest BCUT2D eigenvalue weighted by Gasteiger charge is 2.40. The van der Waals surface area contributed by atoms with Crippen LogP contribution in [0.1, 0.15) is 29.4 Å². The fraction of sp³-hybridized carbons (Fsp3) is 0.214. The van der Waals surface area contributed by atoms with Crippen molar-refractivity contribution in [1.82, 2.24) is 4.98 Å². The number of aromatic nitrogens is 1. The lowest BCUT2D eigenvalue weighted by atomic mass is 10.1. The molecule has 17 heavy (non-hydrogen) atoms. The van der Waals surface area contributed by atoms with Crippen LogP contribution >= 0.6 is 11.6 Å². The number of nitrogens with zero attached hydrogens (tertiary/aromatic N) is 1. The maximum atomic E-state index is 5.96. The van der Waals surface area contributed by atoms with E-state index in [1.54, 1.807) is 6.20 Å². The maximum absolute atomic E-state index is 5.96. The van der Waals surface area contributed by atoms with Crippen molar-refractivity contribution in [3.63, 3.8) is 0 Å². The molecule has 3 heteroatoms. The molecule has 2 N–H and O–H groups in total. The molecule has 1 aromatic heterocycles. The first-order valence-corrected chi connectivity index (χ1v) is 6.09. The third-order valence-corrected chi connectivity index (χ3v) is 3.54. The Kier molecular flexibility index (Phi) is 2.52. The molecule has 1 saturated carbocycles. The van der Waals surface area contributed by atoms with Crippen LogP contribution < -0.4 is 5.73 Å². The quantitative estimate of drug-likeness (QED) is 0.877. The van der Waals surface area contributed by atoms with Gasteiger partial charge in [0.15, 0.2) is 0 Å². The summed E-state index contributed by atoms with van der Waals surface area (Å²) in [6.45, 7) is 0. The van der Waals surface area contributed by atoms with Crippen molar-refractivity contribution in [1.29, 1.82) is 0 Å². The molecule has 1 aliphatic rings. The molecule has 0 amide bonds. The van der Waals surface area contributed by atoms with E-state index in [1.807, 2.05) is 12.1 Å². The zero-order chi connectivity index (χ0) is 11.8. The van der Waals surface area contributed by atoms with Crippen LogP contribution in [0.25, 0.3) is 0 Å². The van der Waals surface area contributed by atoms with E-state index in [9.17, 15) is 0 Å².